The Morgan fingerprint density at radius 2 is 1.96 bits per heavy atom. The summed E-state index contributed by atoms with van der Waals surface area (Å²) >= 11 is 5.96. The first-order valence-corrected chi connectivity index (χ1v) is 8.57. The van der Waals surface area contributed by atoms with E-state index in [-0.39, 0.29) is 29.9 Å². The number of pyridine rings is 1. The second-order valence-corrected chi connectivity index (χ2v) is 6.08. The Morgan fingerprint density at radius 1 is 1.18 bits per heavy atom. The van der Waals surface area contributed by atoms with E-state index < -0.39 is 12.8 Å². The Morgan fingerprint density at radius 3 is 2.64 bits per heavy atom. The summed E-state index contributed by atoms with van der Waals surface area (Å²) < 4.78 is 41.3. The van der Waals surface area contributed by atoms with Crippen LogP contribution in [0.25, 0.3) is 0 Å². The first-order valence-electron chi connectivity index (χ1n) is 8.19. The molecule has 0 saturated carbocycles. The van der Waals surface area contributed by atoms with Gasteiger partial charge in [-0.05, 0) is 35.7 Å². The second-order valence-electron chi connectivity index (χ2n) is 5.64. The molecule has 0 atom stereocenters. The molecule has 1 aromatic heterocycles. The number of hydrogen-bond acceptors (Lipinski definition) is 3. The normalized spacial score (nSPS) is 11.5. The van der Waals surface area contributed by atoms with Crippen molar-refractivity contribution in [3.05, 3.63) is 58.7 Å². The van der Waals surface area contributed by atoms with Crippen molar-refractivity contribution in [2.75, 3.05) is 20.2 Å². The summed E-state index contributed by atoms with van der Waals surface area (Å²) in [5, 5.41) is 6.95. The van der Waals surface area contributed by atoms with Gasteiger partial charge in [0, 0.05) is 37.4 Å². The van der Waals surface area contributed by atoms with Crippen molar-refractivity contribution in [3.63, 3.8) is 0 Å². The summed E-state index contributed by atoms with van der Waals surface area (Å²) in [5.74, 6) is 0.502. The average Bonchev–Trinajstić information content (AvgIpc) is 2.63. The Bertz CT molecular complexity index is 774. The van der Waals surface area contributed by atoms with E-state index in [1.54, 1.807) is 13.1 Å². The van der Waals surface area contributed by atoms with Gasteiger partial charge < -0.3 is 15.4 Å². The van der Waals surface area contributed by atoms with E-state index >= 15 is 0 Å². The van der Waals surface area contributed by atoms with Crippen molar-refractivity contribution < 1.29 is 17.9 Å². The second kappa shape index (κ2) is 11.9. The molecule has 10 heteroatoms. The van der Waals surface area contributed by atoms with E-state index in [0.717, 1.165) is 17.5 Å². The minimum atomic E-state index is -4.40. The lowest BCUT2D eigenvalue weighted by Crippen LogP contribution is -2.37. The van der Waals surface area contributed by atoms with Crippen LogP contribution in [0.4, 0.5) is 13.2 Å². The van der Waals surface area contributed by atoms with E-state index in [4.69, 9.17) is 11.6 Å². The topological polar surface area (TPSA) is 58.5 Å². The van der Waals surface area contributed by atoms with Crippen LogP contribution in [-0.2, 0) is 13.0 Å². The smallest absolute Gasteiger partial charge is 0.422 e. The van der Waals surface area contributed by atoms with Crippen molar-refractivity contribution in [1.82, 2.24) is 15.6 Å². The monoisotopic (exact) mass is 528 g/mol. The molecule has 28 heavy (non-hydrogen) atoms. The number of ether oxygens (including phenoxy) is 1. The zero-order chi connectivity index (χ0) is 19.7. The molecule has 0 spiro atoms. The third-order valence-electron chi connectivity index (χ3n) is 3.46. The van der Waals surface area contributed by atoms with Crippen LogP contribution >= 0.6 is 35.6 Å². The van der Waals surface area contributed by atoms with E-state index in [9.17, 15) is 13.2 Å². The predicted molar refractivity (Wildman–Crippen MR) is 115 cm³/mol. The van der Waals surface area contributed by atoms with Crippen LogP contribution in [0.3, 0.4) is 0 Å². The molecule has 1 aromatic carbocycles. The molecule has 0 unspecified atom stereocenters. The number of halogens is 5. The Balaban J connectivity index is 0.00000392. The van der Waals surface area contributed by atoms with E-state index in [0.29, 0.717) is 24.1 Å². The Hall–Kier alpha value is -1.75. The molecule has 0 bridgehead atoms. The van der Waals surface area contributed by atoms with Crippen molar-refractivity contribution in [3.8, 4) is 5.88 Å². The highest BCUT2D eigenvalue weighted by Gasteiger charge is 2.28. The molecule has 0 saturated heterocycles. The molecule has 0 aliphatic carbocycles. The van der Waals surface area contributed by atoms with Gasteiger partial charge in [-0.25, -0.2) is 4.98 Å². The third-order valence-corrected chi connectivity index (χ3v) is 3.70. The van der Waals surface area contributed by atoms with Gasteiger partial charge in [-0.2, -0.15) is 13.2 Å². The summed E-state index contributed by atoms with van der Waals surface area (Å²) in [5.41, 5.74) is 1.83. The lowest BCUT2D eigenvalue weighted by atomic mass is 10.1. The van der Waals surface area contributed by atoms with Crippen molar-refractivity contribution >= 4 is 41.5 Å². The number of benzene rings is 1. The summed E-state index contributed by atoms with van der Waals surface area (Å²) in [4.78, 5) is 7.89. The van der Waals surface area contributed by atoms with E-state index in [1.165, 1.54) is 12.3 Å². The average molecular weight is 529 g/mol. The van der Waals surface area contributed by atoms with Crippen molar-refractivity contribution in [2.45, 2.75) is 19.1 Å². The molecule has 2 aromatic rings. The van der Waals surface area contributed by atoms with Gasteiger partial charge in [-0.3, -0.25) is 4.99 Å². The van der Waals surface area contributed by atoms with Gasteiger partial charge in [0.1, 0.15) is 0 Å². The first-order chi connectivity index (χ1) is 12.9. The number of aliphatic imine (C=N–C) groups is 1. The van der Waals surface area contributed by atoms with Gasteiger partial charge in [-0.1, -0.05) is 23.7 Å². The molecule has 0 fully saturated rings. The van der Waals surface area contributed by atoms with Crippen molar-refractivity contribution in [1.29, 1.82) is 0 Å². The number of guanidine groups is 1. The molecule has 0 radical (unpaired) electrons. The summed E-state index contributed by atoms with van der Waals surface area (Å²) in [6, 6.07) is 10.7. The number of alkyl halides is 3. The van der Waals surface area contributed by atoms with E-state index in [1.807, 2.05) is 24.3 Å². The van der Waals surface area contributed by atoms with Gasteiger partial charge >= 0.3 is 6.18 Å². The molecule has 2 N–H and O–H groups in total. The summed E-state index contributed by atoms with van der Waals surface area (Å²) in [6.45, 7) is -0.359. The Labute approximate surface area is 183 Å². The summed E-state index contributed by atoms with van der Waals surface area (Å²) in [7, 11) is 1.64. The molecule has 0 amide bonds. The fourth-order valence-corrected chi connectivity index (χ4v) is 2.43. The largest absolute Gasteiger partial charge is 0.468 e. The number of nitrogens with one attached hydrogen (secondary N) is 2. The van der Waals surface area contributed by atoms with Crippen LogP contribution in [0.1, 0.15) is 11.1 Å². The van der Waals surface area contributed by atoms with Gasteiger partial charge in [0.25, 0.3) is 0 Å². The SMILES string of the molecule is CN=C(NCCc1cccc(Cl)c1)NCc1ccnc(OCC(F)(F)F)c1.I. The number of hydrogen-bond donors (Lipinski definition) is 2. The molecule has 1 heterocycles. The highest BCUT2D eigenvalue weighted by atomic mass is 127. The maximum atomic E-state index is 12.2. The number of nitrogens with zero attached hydrogens (tertiary/aromatic N) is 2. The van der Waals surface area contributed by atoms with Gasteiger partial charge in [0.2, 0.25) is 5.88 Å². The van der Waals surface area contributed by atoms with Crippen LogP contribution in [-0.4, -0.2) is 37.3 Å². The highest BCUT2D eigenvalue weighted by Crippen LogP contribution is 2.17. The summed E-state index contributed by atoms with van der Waals surface area (Å²) in [6.07, 6.45) is -2.23. The predicted octanol–water partition coefficient (Wildman–Crippen LogP) is 4.20. The minimum Gasteiger partial charge on any atom is -0.468 e. The molecule has 154 valence electrons. The van der Waals surface area contributed by atoms with E-state index in [2.05, 4.69) is 25.3 Å². The van der Waals surface area contributed by atoms with Crippen LogP contribution in [0.5, 0.6) is 5.88 Å². The number of aromatic nitrogens is 1. The fourth-order valence-electron chi connectivity index (χ4n) is 2.22. The lowest BCUT2D eigenvalue weighted by Gasteiger charge is -2.13. The van der Waals surface area contributed by atoms with Gasteiger partial charge in [-0.15, -0.1) is 24.0 Å². The van der Waals surface area contributed by atoms with Crippen molar-refractivity contribution in [2.24, 2.45) is 4.99 Å². The molecular weight excluding hydrogens is 508 g/mol. The van der Waals surface area contributed by atoms with Crippen LogP contribution in [0.2, 0.25) is 5.02 Å². The maximum absolute atomic E-state index is 12.2. The zero-order valence-electron chi connectivity index (χ0n) is 15.1. The third kappa shape index (κ3) is 9.45. The molecular formula is C18H21ClF3IN4O. The fraction of sp³-hybridized carbons (Fsp3) is 0.333. The van der Waals surface area contributed by atoms with Crippen LogP contribution in [0, 0.1) is 0 Å². The van der Waals surface area contributed by atoms with Gasteiger partial charge in [0.05, 0.1) is 0 Å². The molecule has 5 nitrogen and oxygen atoms in total. The molecule has 0 aliphatic rings. The maximum Gasteiger partial charge on any atom is 0.422 e. The highest BCUT2D eigenvalue weighted by molar-refractivity contribution is 14.0. The minimum absolute atomic E-state index is 0. The lowest BCUT2D eigenvalue weighted by molar-refractivity contribution is -0.154. The number of rotatable bonds is 7. The molecule has 2 rings (SSSR count). The first kappa shape index (κ1) is 24.3. The van der Waals surface area contributed by atoms with Gasteiger partial charge in [0.15, 0.2) is 12.6 Å². The van der Waals surface area contributed by atoms with Crippen LogP contribution in [0.15, 0.2) is 47.6 Å². The molecule has 0 aliphatic heterocycles. The zero-order valence-corrected chi connectivity index (χ0v) is 18.2. The van der Waals surface area contributed by atoms with Crippen LogP contribution < -0.4 is 15.4 Å². The Kier molecular flexibility index (Phi) is 10.4. The quantitative estimate of drug-likeness (QED) is 0.321. The standard InChI is InChI=1S/C18H20ClF3N4O.HI/c1-23-17(25-8-5-13-3-2-4-15(19)9-13)26-11-14-6-7-24-16(10-14)27-12-18(20,21)22;/h2-4,6-7,9-10H,5,8,11-12H2,1H3,(H2,23,25,26);1H.